The van der Waals surface area contributed by atoms with Gasteiger partial charge in [0, 0.05) is 19.3 Å². The first kappa shape index (κ1) is 87.8. The fourth-order valence-electron chi connectivity index (χ4n) is 11.9. The zero-order chi connectivity index (χ0) is 68.6. The van der Waals surface area contributed by atoms with Crippen LogP contribution < -0.4 is 10.6 Å². The molecule has 0 unspecified atom stereocenters. The van der Waals surface area contributed by atoms with Gasteiger partial charge in [-0.15, -0.1) is 0 Å². The Hall–Kier alpha value is -3.23. The molecule has 93 heavy (non-hydrogen) atoms. The minimum atomic E-state index is -5.50. The quantitative estimate of drug-likeness (QED) is 0.0143. The number of aliphatic hydroxyl groups excluding tert-OH is 2. The summed E-state index contributed by atoms with van der Waals surface area (Å²) in [6, 6.07) is -2.80. The fraction of sp³-hybridized carbons (Fsp3) is 0.917. The summed E-state index contributed by atoms with van der Waals surface area (Å²) in [7, 11) is -5.50. The van der Waals surface area contributed by atoms with Gasteiger partial charge >= 0.3 is 31.7 Å². The average molecular weight is 1350 g/mol. The summed E-state index contributed by atoms with van der Waals surface area (Å²) in [5.74, 6) is -3.58. The monoisotopic (exact) mass is 1350 g/mol. The number of esters is 4. The second-order valence-electron chi connectivity index (χ2n) is 26.3. The van der Waals surface area contributed by atoms with Crippen LogP contribution in [0.2, 0.25) is 0 Å². The summed E-state index contributed by atoms with van der Waals surface area (Å²) in [5.41, 5.74) is 0. The number of nitrogens with one attached hydrogen (secondary N) is 2. The van der Waals surface area contributed by atoms with Gasteiger partial charge in [0.2, 0.25) is 11.8 Å². The van der Waals surface area contributed by atoms with Crippen molar-refractivity contribution in [2.24, 2.45) is 0 Å². The fourth-order valence-corrected chi connectivity index (χ4v) is 12.5. The lowest BCUT2D eigenvalue weighted by Gasteiger charge is -2.45. The first-order valence-corrected chi connectivity index (χ1v) is 39.1. The van der Waals surface area contributed by atoms with Crippen LogP contribution in [-0.4, -0.2) is 131 Å². The maximum absolute atomic E-state index is 14.7. The molecule has 20 nitrogen and oxygen atoms in total. The lowest BCUT2D eigenvalue weighted by Crippen LogP contribution is -2.66. The van der Waals surface area contributed by atoms with Gasteiger partial charge in [-0.25, -0.2) is 4.57 Å². The van der Waals surface area contributed by atoms with E-state index in [0.29, 0.717) is 51.4 Å². The van der Waals surface area contributed by atoms with Crippen molar-refractivity contribution in [2.45, 2.75) is 405 Å². The van der Waals surface area contributed by atoms with Gasteiger partial charge in [-0.2, -0.15) is 0 Å². The summed E-state index contributed by atoms with van der Waals surface area (Å²) in [6.45, 7) is 10.7. The predicted molar refractivity (Wildman–Crippen MR) is 365 cm³/mol. The Morgan fingerprint density at radius 1 is 0.430 bits per heavy atom. The molecule has 0 spiro atoms. The van der Waals surface area contributed by atoms with E-state index in [-0.39, 0.29) is 38.1 Å². The van der Waals surface area contributed by atoms with Gasteiger partial charge in [-0.3, -0.25) is 33.3 Å². The molecule has 0 aromatic rings. The lowest BCUT2D eigenvalue weighted by molar-refractivity contribution is -0.272. The third-order valence-electron chi connectivity index (χ3n) is 17.4. The van der Waals surface area contributed by atoms with Gasteiger partial charge in [0.15, 0.2) is 12.4 Å². The molecule has 0 aliphatic carbocycles. The molecule has 2 amide bonds. The maximum Gasteiger partial charge on any atom is 0.470 e. The molecule has 1 aliphatic rings. The molecule has 1 aliphatic heterocycles. The van der Waals surface area contributed by atoms with Crippen molar-refractivity contribution < 1.29 is 86.3 Å². The van der Waals surface area contributed by atoms with Crippen LogP contribution in [0.1, 0.15) is 350 Å². The molecule has 1 rings (SSSR count). The first-order chi connectivity index (χ1) is 45.0. The van der Waals surface area contributed by atoms with E-state index < -0.39 is 119 Å². The van der Waals surface area contributed by atoms with Gasteiger partial charge < -0.3 is 59.1 Å². The number of rotatable bonds is 64. The molecule has 0 radical (unpaired) electrons. The van der Waals surface area contributed by atoms with E-state index in [9.17, 15) is 53.3 Å². The smallest absolute Gasteiger partial charge is 0.462 e. The molecule has 0 saturated carbocycles. The van der Waals surface area contributed by atoms with Crippen molar-refractivity contribution in [3.63, 3.8) is 0 Å². The zero-order valence-electron chi connectivity index (χ0n) is 59.2. The Bertz CT molecular complexity index is 1930. The van der Waals surface area contributed by atoms with Crippen LogP contribution >= 0.6 is 7.82 Å². The van der Waals surface area contributed by atoms with Crippen molar-refractivity contribution in [1.29, 1.82) is 0 Å². The molecule has 546 valence electrons. The van der Waals surface area contributed by atoms with E-state index in [4.69, 9.17) is 32.9 Å². The summed E-state index contributed by atoms with van der Waals surface area (Å²) in [5, 5.41) is 27.2. The van der Waals surface area contributed by atoms with Crippen LogP contribution in [0.5, 0.6) is 0 Å². The van der Waals surface area contributed by atoms with E-state index >= 15 is 0 Å². The molecular weight excluding hydrogens is 1210 g/mol. The largest absolute Gasteiger partial charge is 0.470 e. The number of hydrogen-bond acceptors (Lipinski definition) is 16. The number of carbonyl (C=O) groups is 6. The van der Waals surface area contributed by atoms with Crippen molar-refractivity contribution in [1.82, 2.24) is 10.6 Å². The summed E-state index contributed by atoms with van der Waals surface area (Å²) >= 11 is 0. The van der Waals surface area contributed by atoms with Gasteiger partial charge in [-0.05, 0) is 57.8 Å². The van der Waals surface area contributed by atoms with Crippen molar-refractivity contribution >= 4 is 43.5 Å². The number of unbranched alkanes of at least 4 members (excludes halogenated alkanes) is 33. The molecule has 0 aromatic carbocycles. The van der Waals surface area contributed by atoms with Crippen LogP contribution in [0, 0.1) is 0 Å². The van der Waals surface area contributed by atoms with Crippen molar-refractivity contribution in [3.8, 4) is 0 Å². The topological polar surface area (TPSA) is 289 Å². The molecule has 1 heterocycles. The second-order valence-corrected chi connectivity index (χ2v) is 27.5. The number of hydrogen-bond donors (Lipinski definition) is 6. The molecule has 0 aromatic heterocycles. The number of phosphoric ester groups is 1. The summed E-state index contributed by atoms with van der Waals surface area (Å²) in [6.07, 6.45) is 29.5. The average Bonchev–Trinajstić information content (AvgIpc) is 0.813. The SMILES string of the molecule is CCCCCCCCCCC[C@H](CC(=O)N[C@H](CO)CO[C@H]1O[C@H](CO)[C@@H](OP(=O)(O)O)[C@H](OC(=O)C[C@@H](CCCCCCCCCCC)OC(=O)CCCCCC)[C@@H]1NC(=O)C[C@@H](CCCCCCCCCCC)OC(=O)CCCCCC)OC(=O)CCCCCC. The van der Waals surface area contributed by atoms with E-state index in [2.05, 4.69) is 52.2 Å². The normalized spacial score (nSPS) is 17.9. The van der Waals surface area contributed by atoms with E-state index in [1.54, 1.807) is 0 Å². The highest BCUT2D eigenvalue weighted by Crippen LogP contribution is 2.42. The number of phosphoric acid groups is 1. The van der Waals surface area contributed by atoms with E-state index in [1.807, 2.05) is 0 Å². The Morgan fingerprint density at radius 3 is 1.11 bits per heavy atom. The molecule has 1 saturated heterocycles. The van der Waals surface area contributed by atoms with Crippen LogP contribution in [0.3, 0.4) is 0 Å². The highest BCUT2D eigenvalue weighted by molar-refractivity contribution is 7.46. The summed E-state index contributed by atoms with van der Waals surface area (Å²) in [4.78, 5) is 104. The minimum Gasteiger partial charge on any atom is -0.462 e. The van der Waals surface area contributed by atoms with Gasteiger partial charge in [0.1, 0.15) is 36.6 Å². The summed E-state index contributed by atoms with van der Waals surface area (Å²) < 4.78 is 54.7. The Balaban J connectivity index is 3.75. The van der Waals surface area contributed by atoms with E-state index in [1.165, 1.54) is 51.4 Å². The minimum absolute atomic E-state index is 0.142. The molecule has 9 atom stereocenters. The highest BCUT2D eigenvalue weighted by atomic mass is 31.2. The van der Waals surface area contributed by atoms with Gasteiger partial charge in [0.05, 0.1) is 45.1 Å². The Labute approximate surface area is 562 Å². The molecule has 6 N–H and O–H groups in total. The van der Waals surface area contributed by atoms with Crippen LogP contribution in [-0.2, 0) is 66.3 Å². The number of ether oxygens (including phenoxy) is 6. The van der Waals surface area contributed by atoms with Crippen molar-refractivity contribution in [3.05, 3.63) is 0 Å². The molecule has 21 heteroatoms. The van der Waals surface area contributed by atoms with Crippen LogP contribution in [0.25, 0.3) is 0 Å². The maximum atomic E-state index is 14.7. The van der Waals surface area contributed by atoms with Crippen LogP contribution in [0.4, 0.5) is 0 Å². The highest BCUT2D eigenvalue weighted by Gasteiger charge is 2.52. The molecule has 0 bridgehead atoms. The lowest BCUT2D eigenvalue weighted by atomic mass is 9.95. The second kappa shape index (κ2) is 58.9. The number of aliphatic hydroxyl groups is 2. The Morgan fingerprint density at radius 2 is 0.763 bits per heavy atom. The standard InChI is InChI=1S/C72H135N2O18P/c1-7-13-19-25-28-31-34-37-40-46-59(87-65(79)49-43-22-16-10-4)52-63(77)73-58(55-75)57-86-72-69(74-64(78)53-60(88-66(80)50-44-23-17-11-5)47-41-38-35-32-29-26-20-14-8-2)71(70(62(56-76)90-72)92-93(83,84)85)91-68(82)54-61(89-67(81)51-45-24-18-12-6)48-42-39-36-33-30-27-21-15-9-3/h58-62,69-72,75-76H,7-57H2,1-6H3,(H,73,77)(H,74,78)(H2,83,84,85)/t58-,59-,60-,61-,62-,69+,70-,71-,72+/m1/s1. The molecule has 1 fully saturated rings. The molecular formula is C72H135N2O18P. The van der Waals surface area contributed by atoms with Crippen LogP contribution in [0.15, 0.2) is 0 Å². The van der Waals surface area contributed by atoms with Gasteiger partial charge in [-0.1, -0.05) is 253 Å². The van der Waals surface area contributed by atoms with Gasteiger partial charge in [0.25, 0.3) is 0 Å². The third kappa shape index (κ3) is 48.2. The number of amides is 2. The number of carbonyl (C=O) groups excluding carboxylic acids is 6. The zero-order valence-corrected chi connectivity index (χ0v) is 60.1. The van der Waals surface area contributed by atoms with Crippen molar-refractivity contribution in [2.75, 3.05) is 19.8 Å². The Kier molecular flexibility index (Phi) is 55.6. The third-order valence-corrected chi connectivity index (χ3v) is 18.0. The van der Waals surface area contributed by atoms with E-state index in [0.717, 1.165) is 167 Å². The predicted octanol–water partition coefficient (Wildman–Crippen LogP) is 15.7. The first-order valence-electron chi connectivity index (χ1n) is 37.6.